The molecule has 1 N–H and O–H groups in total. The SMILES string of the molecule is O=C(N/N=c1\ccc2cc([N+](=O)[O-])ccc2o1)c1ccccc1. The Balaban J connectivity index is 1.87. The van der Waals surface area contributed by atoms with Crippen molar-refractivity contribution in [1.29, 1.82) is 0 Å². The molecule has 23 heavy (non-hydrogen) atoms. The number of nitrogens with zero attached hydrogens (tertiary/aromatic N) is 2. The maximum absolute atomic E-state index is 11.9. The number of carbonyl (C=O) groups is 1. The molecule has 2 aromatic carbocycles. The van der Waals surface area contributed by atoms with Crippen molar-refractivity contribution in [3.05, 3.63) is 81.9 Å². The number of hydrogen-bond acceptors (Lipinski definition) is 5. The number of nitro groups is 1. The Morgan fingerprint density at radius 3 is 2.61 bits per heavy atom. The third-order valence-corrected chi connectivity index (χ3v) is 3.13. The van der Waals surface area contributed by atoms with Crippen LogP contribution in [0.5, 0.6) is 0 Å². The second kappa shape index (κ2) is 6.10. The van der Waals surface area contributed by atoms with Crippen LogP contribution in [0.15, 0.2) is 70.2 Å². The van der Waals surface area contributed by atoms with Gasteiger partial charge in [-0.2, -0.15) is 0 Å². The fraction of sp³-hybridized carbons (Fsp3) is 0. The van der Waals surface area contributed by atoms with Gasteiger partial charge in [0.2, 0.25) is 5.55 Å². The molecule has 1 heterocycles. The third-order valence-electron chi connectivity index (χ3n) is 3.13. The number of amides is 1. The zero-order valence-corrected chi connectivity index (χ0v) is 11.8. The highest BCUT2D eigenvalue weighted by Crippen LogP contribution is 2.18. The molecule has 1 amide bonds. The number of non-ortho nitro benzene ring substituents is 1. The highest BCUT2D eigenvalue weighted by molar-refractivity contribution is 5.93. The van der Waals surface area contributed by atoms with Gasteiger partial charge in [-0.1, -0.05) is 18.2 Å². The molecule has 1 aromatic heterocycles. The average Bonchev–Trinajstić information content (AvgIpc) is 2.59. The van der Waals surface area contributed by atoms with Crippen molar-refractivity contribution in [3.8, 4) is 0 Å². The molecule has 0 aliphatic rings. The molecular formula is C16H11N3O4. The lowest BCUT2D eigenvalue weighted by atomic mass is 10.2. The van der Waals surface area contributed by atoms with E-state index in [4.69, 9.17) is 4.42 Å². The van der Waals surface area contributed by atoms with E-state index in [1.54, 1.807) is 30.3 Å². The van der Waals surface area contributed by atoms with Crippen molar-refractivity contribution >= 4 is 22.6 Å². The average molecular weight is 309 g/mol. The molecule has 0 fully saturated rings. The number of hydrogen-bond donors (Lipinski definition) is 1. The van der Waals surface area contributed by atoms with E-state index in [-0.39, 0.29) is 17.1 Å². The van der Waals surface area contributed by atoms with E-state index in [0.29, 0.717) is 16.5 Å². The first-order chi connectivity index (χ1) is 11.1. The summed E-state index contributed by atoms with van der Waals surface area (Å²) in [5.41, 5.74) is 3.48. The molecule has 3 aromatic rings. The topological polar surface area (TPSA) is 97.7 Å². The van der Waals surface area contributed by atoms with E-state index >= 15 is 0 Å². The summed E-state index contributed by atoms with van der Waals surface area (Å²) in [5, 5.41) is 15.2. The standard InChI is InChI=1S/C16H11N3O4/c20-16(11-4-2-1-3-5-11)18-17-15-9-6-12-10-13(19(21)22)7-8-14(12)23-15/h1-10H,(H,18,20)/b17-15+. The molecule has 0 aliphatic heterocycles. The molecule has 0 spiro atoms. The van der Waals surface area contributed by atoms with E-state index in [1.807, 2.05) is 6.07 Å². The monoisotopic (exact) mass is 309 g/mol. The Labute approximate surface area is 130 Å². The van der Waals surface area contributed by atoms with Gasteiger partial charge in [-0.05, 0) is 24.3 Å². The fourth-order valence-corrected chi connectivity index (χ4v) is 2.00. The molecule has 0 unspecified atom stereocenters. The van der Waals surface area contributed by atoms with Gasteiger partial charge in [0.15, 0.2) is 0 Å². The number of fused-ring (bicyclic) bond motifs is 1. The molecule has 114 valence electrons. The van der Waals surface area contributed by atoms with Crippen LogP contribution in [0.3, 0.4) is 0 Å². The van der Waals surface area contributed by atoms with Crippen LogP contribution < -0.4 is 11.0 Å². The molecule has 0 saturated carbocycles. The summed E-state index contributed by atoms with van der Waals surface area (Å²) < 4.78 is 5.48. The Bertz CT molecular complexity index is 948. The number of rotatable bonds is 3. The molecule has 7 nitrogen and oxygen atoms in total. The largest absolute Gasteiger partial charge is 0.437 e. The number of nitro benzene ring substituents is 1. The fourth-order valence-electron chi connectivity index (χ4n) is 2.00. The van der Waals surface area contributed by atoms with Crippen LogP contribution in [-0.2, 0) is 0 Å². The van der Waals surface area contributed by atoms with E-state index in [1.165, 1.54) is 24.3 Å². The van der Waals surface area contributed by atoms with Crippen LogP contribution in [0.2, 0.25) is 0 Å². The summed E-state index contributed by atoms with van der Waals surface area (Å²) in [7, 11) is 0. The number of nitrogens with one attached hydrogen (secondary N) is 1. The molecule has 0 bridgehead atoms. The molecule has 0 aliphatic carbocycles. The normalized spacial score (nSPS) is 11.4. The van der Waals surface area contributed by atoms with Gasteiger partial charge in [-0.15, -0.1) is 5.10 Å². The summed E-state index contributed by atoms with van der Waals surface area (Å²) in [6.45, 7) is 0. The van der Waals surface area contributed by atoms with Gasteiger partial charge in [-0.25, -0.2) is 5.43 Å². The summed E-state index contributed by atoms with van der Waals surface area (Å²) in [6, 6.07) is 16.1. The number of benzene rings is 2. The molecular weight excluding hydrogens is 298 g/mol. The Kier molecular flexibility index (Phi) is 3.84. The predicted octanol–water partition coefficient (Wildman–Crippen LogP) is 2.59. The van der Waals surface area contributed by atoms with Crippen LogP contribution in [0.1, 0.15) is 10.4 Å². The van der Waals surface area contributed by atoms with Crippen molar-refractivity contribution in [2.24, 2.45) is 5.10 Å². The van der Waals surface area contributed by atoms with Gasteiger partial charge < -0.3 is 4.42 Å². The highest BCUT2D eigenvalue weighted by Gasteiger charge is 2.07. The van der Waals surface area contributed by atoms with Crippen molar-refractivity contribution in [2.75, 3.05) is 0 Å². The first kappa shape index (κ1) is 14.5. The molecule has 0 atom stereocenters. The van der Waals surface area contributed by atoms with E-state index in [0.717, 1.165) is 0 Å². The van der Waals surface area contributed by atoms with Crippen molar-refractivity contribution in [1.82, 2.24) is 5.43 Å². The van der Waals surface area contributed by atoms with Crippen LogP contribution in [-0.4, -0.2) is 10.8 Å². The summed E-state index contributed by atoms with van der Waals surface area (Å²) >= 11 is 0. The van der Waals surface area contributed by atoms with Crippen molar-refractivity contribution in [3.63, 3.8) is 0 Å². The lowest BCUT2D eigenvalue weighted by Crippen LogP contribution is -2.20. The molecule has 0 saturated heterocycles. The smallest absolute Gasteiger partial charge is 0.271 e. The van der Waals surface area contributed by atoms with Crippen molar-refractivity contribution < 1.29 is 14.1 Å². The highest BCUT2D eigenvalue weighted by atomic mass is 16.6. The molecule has 3 rings (SSSR count). The zero-order chi connectivity index (χ0) is 16.2. The van der Waals surface area contributed by atoms with E-state index < -0.39 is 4.92 Å². The first-order valence-corrected chi connectivity index (χ1v) is 6.71. The van der Waals surface area contributed by atoms with Crippen LogP contribution >= 0.6 is 0 Å². The van der Waals surface area contributed by atoms with Crippen LogP contribution in [0, 0.1) is 10.1 Å². The summed E-state index contributed by atoms with van der Waals surface area (Å²) in [4.78, 5) is 22.1. The zero-order valence-electron chi connectivity index (χ0n) is 11.8. The van der Waals surface area contributed by atoms with E-state index in [9.17, 15) is 14.9 Å². The van der Waals surface area contributed by atoms with E-state index in [2.05, 4.69) is 10.5 Å². The maximum Gasteiger partial charge on any atom is 0.271 e. The van der Waals surface area contributed by atoms with Crippen molar-refractivity contribution in [2.45, 2.75) is 0 Å². The molecule has 7 heteroatoms. The summed E-state index contributed by atoms with van der Waals surface area (Å²) in [6.07, 6.45) is 0. The maximum atomic E-state index is 11.9. The van der Waals surface area contributed by atoms with Gasteiger partial charge >= 0.3 is 0 Å². The van der Waals surface area contributed by atoms with Gasteiger partial charge in [0.25, 0.3) is 11.6 Å². The minimum Gasteiger partial charge on any atom is -0.437 e. The van der Waals surface area contributed by atoms with Gasteiger partial charge in [0.05, 0.1) is 4.92 Å². The first-order valence-electron chi connectivity index (χ1n) is 6.71. The second-order valence-corrected chi connectivity index (χ2v) is 4.67. The lowest BCUT2D eigenvalue weighted by Gasteiger charge is -1.99. The lowest BCUT2D eigenvalue weighted by molar-refractivity contribution is -0.384. The molecule has 0 radical (unpaired) electrons. The predicted molar refractivity (Wildman–Crippen MR) is 82.3 cm³/mol. The Hall–Kier alpha value is -3.48. The second-order valence-electron chi connectivity index (χ2n) is 4.67. The summed E-state index contributed by atoms with van der Waals surface area (Å²) in [5.74, 6) is -0.357. The number of carbonyl (C=O) groups excluding carboxylic acids is 1. The Morgan fingerprint density at radius 1 is 1.09 bits per heavy atom. The Morgan fingerprint density at radius 2 is 1.87 bits per heavy atom. The minimum absolute atomic E-state index is 0.0187. The quantitative estimate of drug-likeness (QED) is 0.594. The van der Waals surface area contributed by atoms with Gasteiger partial charge in [-0.3, -0.25) is 14.9 Å². The van der Waals surface area contributed by atoms with Crippen LogP contribution in [0.25, 0.3) is 11.0 Å². The third kappa shape index (κ3) is 3.24. The van der Waals surface area contributed by atoms with Gasteiger partial charge in [0, 0.05) is 29.1 Å². The van der Waals surface area contributed by atoms with Gasteiger partial charge in [0.1, 0.15) is 5.58 Å². The minimum atomic E-state index is -0.474. The van der Waals surface area contributed by atoms with Crippen LogP contribution in [0.4, 0.5) is 5.69 Å².